The van der Waals surface area contributed by atoms with Crippen LogP contribution in [0.25, 0.3) is 16.7 Å². The Hall–Kier alpha value is -2.62. The summed E-state index contributed by atoms with van der Waals surface area (Å²) in [6.07, 6.45) is 3.09. The Kier molecular flexibility index (Phi) is 3.69. The summed E-state index contributed by atoms with van der Waals surface area (Å²) in [4.78, 5) is 0. The fourth-order valence-corrected chi connectivity index (χ4v) is 4.31. The molecule has 2 aliphatic rings. The summed E-state index contributed by atoms with van der Waals surface area (Å²) in [5.41, 5.74) is 6.54. The SMILES string of the molecule is CCC1Oc2ccc(O)c(OC)c2-c2ccc3c(c21)C(C)=CC(C)(C)N3. The molecular formula is C22H25NO3. The summed E-state index contributed by atoms with van der Waals surface area (Å²) in [7, 11) is 1.58. The predicted molar refractivity (Wildman–Crippen MR) is 105 cm³/mol. The summed E-state index contributed by atoms with van der Waals surface area (Å²) in [6, 6.07) is 7.69. The molecule has 0 aliphatic carbocycles. The molecule has 1 atom stereocenters. The molecule has 0 saturated heterocycles. The number of methoxy groups -OCH3 is 1. The van der Waals surface area contributed by atoms with Crippen molar-refractivity contribution in [2.75, 3.05) is 12.4 Å². The molecule has 0 fully saturated rings. The minimum Gasteiger partial charge on any atom is -0.504 e. The molecule has 0 bridgehead atoms. The van der Waals surface area contributed by atoms with Gasteiger partial charge in [0.1, 0.15) is 11.9 Å². The van der Waals surface area contributed by atoms with Crippen molar-refractivity contribution in [2.24, 2.45) is 0 Å². The largest absolute Gasteiger partial charge is 0.504 e. The lowest BCUT2D eigenvalue weighted by molar-refractivity contribution is 0.196. The fourth-order valence-electron chi connectivity index (χ4n) is 4.31. The number of phenolic OH excluding ortho intramolecular Hbond substituents is 1. The Labute approximate surface area is 154 Å². The van der Waals surface area contributed by atoms with Crippen molar-refractivity contribution in [1.82, 2.24) is 0 Å². The molecule has 136 valence electrons. The average molecular weight is 351 g/mol. The summed E-state index contributed by atoms with van der Waals surface area (Å²) in [5, 5.41) is 13.9. The van der Waals surface area contributed by atoms with E-state index in [2.05, 4.69) is 51.2 Å². The van der Waals surface area contributed by atoms with E-state index in [9.17, 15) is 5.11 Å². The van der Waals surface area contributed by atoms with Gasteiger partial charge in [-0.15, -0.1) is 0 Å². The lowest BCUT2D eigenvalue weighted by Crippen LogP contribution is -2.32. The second-order valence-electron chi connectivity index (χ2n) is 7.63. The smallest absolute Gasteiger partial charge is 0.172 e. The van der Waals surface area contributed by atoms with Gasteiger partial charge in [0.2, 0.25) is 0 Å². The standard InChI is InChI=1S/C22H25NO3/c1-6-16-19-13(20-17(26-16)10-9-15(24)21(20)25-5)7-8-14-18(19)12(2)11-22(3,4)23-14/h7-11,16,23-24H,6H2,1-5H3. The molecule has 0 radical (unpaired) electrons. The highest BCUT2D eigenvalue weighted by molar-refractivity contribution is 5.92. The van der Waals surface area contributed by atoms with Crippen molar-refractivity contribution >= 4 is 11.3 Å². The minimum atomic E-state index is -0.0869. The molecule has 2 heterocycles. The zero-order valence-electron chi connectivity index (χ0n) is 15.9. The lowest BCUT2D eigenvalue weighted by atomic mass is 9.81. The minimum absolute atomic E-state index is 0.0342. The quantitative estimate of drug-likeness (QED) is 0.748. The van der Waals surface area contributed by atoms with Gasteiger partial charge < -0.3 is 19.9 Å². The van der Waals surface area contributed by atoms with Crippen LogP contribution in [0.4, 0.5) is 5.69 Å². The van der Waals surface area contributed by atoms with Gasteiger partial charge in [-0.05, 0) is 56.5 Å². The molecule has 4 heteroatoms. The Morgan fingerprint density at radius 2 is 1.96 bits per heavy atom. The van der Waals surface area contributed by atoms with Crippen LogP contribution in [0, 0.1) is 0 Å². The highest BCUT2D eigenvalue weighted by Gasteiger charge is 2.34. The summed E-state index contributed by atoms with van der Waals surface area (Å²) >= 11 is 0. The fraction of sp³-hybridized carbons (Fsp3) is 0.364. The number of benzene rings is 2. The van der Waals surface area contributed by atoms with Crippen molar-refractivity contribution in [3.8, 4) is 28.4 Å². The van der Waals surface area contributed by atoms with Gasteiger partial charge >= 0.3 is 0 Å². The van der Waals surface area contributed by atoms with Gasteiger partial charge in [0.25, 0.3) is 0 Å². The topological polar surface area (TPSA) is 50.7 Å². The van der Waals surface area contributed by atoms with E-state index in [1.165, 1.54) is 11.1 Å². The number of nitrogens with one attached hydrogen (secondary N) is 1. The number of phenols is 1. The van der Waals surface area contributed by atoms with Gasteiger partial charge in [0.05, 0.1) is 18.2 Å². The van der Waals surface area contributed by atoms with Crippen LogP contribution in [-0.4, -0.2) is 17.8 Å². The summed E-state index contributed by atoms with van der Waals surface area (Å²) < 4.78 is 11.8. The Balaban J connectivity index is 2.05. The van der Waals surface area contributed by atoms with Crippen LogP contribution in [-0.2, 0) is 0 Å². The van der Waals surface area contributed by atoms with Crippen LogP contribution in [0.3, 0.4) is 0 Å². The van der Waals surface area contributed by atoms with Crippen LogP contribution >= 0.6 is 0 Å². The number of ether oxygens (including phenoxy) is 2. The van der Waals surface area contributed by atoms with E-state index < -0.39 is 0 Å². The molecule has 26 heavy (non-hydrogen) atoms. The maximum absolute atomic E-state index is 10.3. The first kappa shape index (κ1) is 16.8. The van der Waals surface area contributed by atoms with E-state index >= 15 is 0 Å². The second-order valence-corrected chi connectivity index (χ2v) is 7.63. The maximum atomic E-state index is 10.3. The number of hydrogen-bond donors (Lipinski definition) is 2. The van der Waals surface area contributed by atoms with E-state index in [1.807, 2.05) is 6.07 Å². The molecule has 4 nitrogen and oxygen atoms in total. The van der Waals surface area contributed by atoms with Gasteiger partial charge in [-0.3, -0.25) is 0 Å². The second kappa shape index (κ2) is 5.70. The number of aromatic hydroxyl groups is 1. The zero-order valence-corrected chi connectivity index (χ0v) is 15.9. The first-order valence-corrected chi connectivity index (χ1v) is 9.08. The van der Waals surface area contributed by atoms with E-state index in [0.29, 0.717) is 5.75 Å². The molecule has 4 rings (SSSR count). The Morgan fingerprint density at radius 3 is 2.65 bits per heavy atom. The first-order chi connectivity index (χ1) is 12.4. The lowest BCUT2D eigenvalue weighted by Gasteiger charge is -2.37. The molecule has 0 aromatic heterocycles. The van der Waals surface area contributed by atoms with E-state index in [0.717, 1.165) is 34.5 Å². The van der Waals surface area contributed by atoms with Gasteiger partial charge in [-0.25, -0.2) is 0 Å². The number of fused-ring (bicyclic) bond motifs is 5. The van der Waals surface area contributed by atoms with Crippen molar-refractivity contribution in [1.29, 1.82) is 0 Å². The van der Waals surface area contributed by atoms with Crippen LogP contribution in [0.2, 0.25) is 0 Å². The van der Waals surface area contributed by atoms with Crippen molar-refractivity contribution in [3.05, 3.63) is 41.5 Å². The third-order valence-electron chi connectivity index (χ3n) is 5.21. The number of allylic oxidation sites excluding steroid dienone is 1. The monoisotopic (exact) mass is 351 g/mol. The normalized spacial score (nSPS) is 19.3. The van der Waals surface area contributed by atoms with Crippen molar-refractivity contribution in [2.45, 2.75) is 45.8 Å². The summed E-state index contributed by atoms with van der Waals surface area (Å²) in [6.45, 7) is 8.63. The zero-order chi connectivity index (χ0) is 18.6. The molecule has 2 N–H and O–H groups in total. The van der Waals surface area contributed by atoms with Crippen LogP contribution in [0.1, 0.15) is 51.3 Å². The van der Waals surface area contributed by atoms with Gasteiger partial charge in [-0.2, -0.15) is 0 Å². The molecule has 2 aromatic rings. The molecule has 0 saturated carbocycles. The van der Waals surface area contributed by atoms with Crippen molar-refractivity contribution < 1.29 is 14.6 Å². The average Bonchev–Trinajstić information content (AvgIpc) is 2.59. The van der Waals surface area contributed by atoms with E-state index in [1.54, 1.807) is 13.2 Å². The first-order valence-electron chi connectivity index (χ1n) is 9.08. The summed E-state index contributed by atoms with van der Waals surface area (Å²) in [5.74, 6) is 1.34. The highest BCUT2D eigenvalue weighted by Crippen LogP contribution is 2.54. The Bertz CT molecular complexity index is 927. The highest BCUT2D eigenvalue weighted by atomic mass is 16.5. The van der Waals surface area contributed by atoms with E-state index in [-0.39, 0.29) is 17.4 Å². The van der Waals surface area contributed by atoms with Gasteiger partial charge in [0, 0.05) is 16.8 Å². The molecule has 2 aliphatic heterocycles. The maximum Gasteiger partial charge on any atom is 0.172 e. The van der Waals surface area contributed by atoms with Gasteiger partial charge in [-0.1, -0.05) is 19.1 Å². The molecule has 1 unspecified atom stereocenters. The van der Waals surface area contributed by atoms with Crippen molar-refractivity contribution in [3.63, 3.8) is 0 Å². The van der Waals surface area contributed by atoms with Gasteiger partial charge in [0.15, 0.2) is 11.5 Å². The van der Waals surface area contributed by atoms with Crippen LogP contribution in [0.15, 0.2) is 30.3 Å². The van der Waals surface area contributed by atoms with Crippen LogP contribution in [0.5, 0.6) is 17.2 Å². The molecular weight excluding hydrogens is 326 g/mol. The van der Waals surface area contributed by atoms with E-state index in [4.69, 9.17) is 9.47 Å². The predicted octanol–water partition coefficient (Wildman–Crippen LogP) is 5.52. The Morgan fingerprint density at radius 1 is 1.19 bits per heavy atom. The number of anilines is 1. The number of hydrogen-bond acceptors (Lipinski definition) is 4. The molecule has 0 amide bonds. The van der Waals surface area contributed by atoms with Crippen LogP contribution < -0.4 is 14.8 Å². The third-order valence-corrected chi connectivity index (χ3v) is 5.21. The third kappa shape index (κ3) is 2.36. The molecule has 2 aromatic carbocycles. The molecule has 0 spiro atoms. The number of rotatable bonds is 2.